The molecule has 0 aromatic carbocycles. The van der Waals surface area contributed by atoms with Gasteiger partial charge in [-0.05, 0) is 40.4 Å². The second-order valence-corrected chi connectivity index (χ2v) is 4.22. The van der Waals surface area contributed by atoms with Gasteiger partial charge in [-0.2, -0.15) is 0 Å². The Morgan fingerprint density at radius 3 is 2.71 bits per heavy atom. The smallest absolute Gasteiger partial charge is 0.151 e. The second kappa shape index (κ2) is 3.73. The van der Waals surface area contributed by atoms with E-state index in [9.17, 15) is 0 Å². The predicted octanol–water partition coefficient (Wildman–Crippen LogP) is 3.22. The number of pyridine rings is 1. The van der Waals surface area contributed by atoms with Crippen molar-refractivity contribution in [2.45, 2.75) is 26.7 Å². The van der Waals surface area contributed by atoms with E-state index in [1.807, 2.05) is 0 Å². The summed E-state index contributed by atoms with van der Waals surface area (Å²) in [7, 11) is 0. The second-order valence-electron chi connectivity index (χ2n) is 3.37. The SMILES string of the molecule is CCc1cc(Br)c2nc(CC)cn2c1. The van der Waals surface area contributed by atoms with Gasteiger partial charge >= 0.3 is 0 Å². The first-order valence-corrected chi connectivity index (χ1v) is 5.70. The quantitative estimate of drug-likeness (QED) is 0.803. The van der Waals surface area contributed by atoms with Gasteiger partial charge in [-0.3, -0.25) is 0 Å². The zero-order valence-corrected chi connectivity index (χ0v) is 10.0. The lowest BCUT2D eigenvalue weighted by Gasteiger charge is -2.00. The van der Waals surface area contributed by atoms with Crippen molar-refractivity contribution < 1.29 is 0 Å². The topological polar surface area (TPSA) is 17.3 Å². The van der Waals surface area contributed by atoms with Gasteiger partial charge in [0.1, 0.15) is 0 Å². The number of imidazole rings is 1. The maximum absolute atomic E-state index is 4.52. The fraction of sp³-hybridized carbons (Fsp3) is 0.364. The van der Waals surface area contributed by atoms with E-state index in [-0.39, 0.29) is 0 Å². The molecule has 0 amide bonds. The van der Waals surface area contributed by atoms with Gasteiger partial charge in [-0.15, -0.1) is 0 Å². The van der Waals surface area contributed by atoms with Crippen molar-refractivity contribution in [3.05, 3.63) is 34.2 Å². The Bertz CT molecular complexity index is 460. The van der Waals surface area contributed by atoms with E-state index in [0.717, 1.165) is 28.7 Å². The molecule has 2 nitrogen and oxygen atoms in total. The molecule has 0 aliphatic heterocycles. The van der Waals surface area contributed by atoms with Gasteiger partial charge < -0.3 is 4.40 Å². The fourth-order valence-electron chi connectivity index (χ4n) is 1.53. The predicted molar refractivity (Wildman–Crippen MR) is 61.6 cm³/mol. The maximum Gasteiger partial charge on any atom is 0.151 e. The molecule has 2 aromatic heterocycles. The molecule has 0 saturated heterocycles. The summed E-state index contributed by atoms with van der Waals surface area (Å²) in [5.74, 6) is 0. The molecule has 0 fully saturated rings. The standard InChI is InChI=1S/C11H13BrN2/c1-3-8-5-10(12)11-13-9(4-2)7-14(11)6-8/h5-7H,3-4H2,1-2H3. The molecular weight excluding hydrogens is 240 g/mol. The summed E-state index contributed by atoms with van der Waals surface area (Å²) in [5, 5.41) is 0. The molecule has 0 aliphatic rings. The van der Waals surface area contributed by atoms with Crippen LogP contribution in [0.1, 0.15) is 25.1 Å². The van der Waals surface area contributed by atoms with Gasteiger partial charge in [0.25, 0.3) is 0 Å². The Balaban J connectivity index is 2.67. The number of fused-ring (bicyclic) bond motifs is 1. The lowest BCUT2D eigenvalue weighted by atomic mass is 10.2. The highest BCUT2D eigenvalue weighted by Crippen LogP contribution is 2.20. The third-order valence-corrected chi connectivity index (χ3v) is 2.97. The molecule has 0 radical (unpaired) electrons. The summed E-state index contributed by atoms with van der Waals surface area (Å²) >= 11 is 3.55. The third-order valence-electron chi connectivity index (χ3n) is 2.38. The summed E-state index contributed by atoms with van der Waals surface area (Å²) < 4.78 is 3.18. The minimum Gasteiger partial charge on any atom is -0.306 e. The van der Waals surface area contributed by atoms with Crippen molar-refractivity contribution in [2.75, 3.05) is 0 Å². The van der Waals surface area contributed by atoms with E-state index >= 15 is 0 Å². The Kier molecular flexibility index (Phi) is 2.59. The molecule has 0 spiro atoms. The van der Waals surface area contributed by atoms with Crippen LogP contribution in [0.25, 0.3) is 5.65 Å². The molecule has 74 valence electrons. The Morgan fingerprint density at radius 1 is 1.29 bits per heavy atom. The highest BCUT2D eigenvalue weighted by Gasteiger charge is 2.04. The molecule has 0 N–H and O–H groups in total. The highest BCUT2D eigenvalue weighted by molar-refractivity contribution is 9.10. The van der Waals surface area contributed by atoms with Gasteiger partial charge in [0.15, 0.2) is 5.65 Å². The first-order valence-electron chi connectivity index (χ1n) is 4.90. The van der Waals surface area contributed by atoms with E-state index in [1.165, 1.54) is 5.56 Å². The molecule has 0 saturated carbocycles. The van der Waals surface area contributed by atoms with E-state index in [4.69, 9.17) is 0 Å². The van der Waals surface area contributed by atoms with E-state index in [1.54, 1.807) is 0 Å². The minimum absolute atomic E-state index is 0.982. The highest BCUT2D eigenvalue weighted by atomic mass is 79.9. The molecule has 2 aromatic rings. The van der Waals surface area contributed by atoms with E-state index < -0.39 is 0 Å². The monoisotopic (exact) mass is 252 g/mol. The van der Waals surface area contributed by atoms with Crippen LogP contribution in [-0.2, 0) is 12.8 Å². The van der Waals surface area contributed by atoms with Crippen molar-refractivity contribution in [1.82, 2.24) is 9.38 Å². The molecule has 0 unspecified atom stereocenters. The molecule has 0 bridgehead atoms. The Hall–Kier alpha value is -0.830. The molecule has 3 heteroatoms. The summed E-state index contributed by atoms with van der Waals surface area (Å²) in [5.41, 5.74) is 3.47. The van der Waals surface area contributed by atoms with Crippen molar-refractivity contribution >= 4 is 21.6 Å². The molecule has 2 heterocycles. The fourth-order valence-corrected chi connectivity index (χ4v) is 2.11. The van der Waals surface area contributed by atoms with Crippen LogP contribution in [-0.4, -0.2) is 9.38 Å². The number of nitrogens with zero attached hydrogens (tertiary/aromatic N) is 2. The normalized spacial score (nSPS) is 11.1. The number of halogens is 1. The summed E-state index contributed by atoms with van der Waals surface area (Å²) in [6.45, 7) is 4.28. The number of aromatic nitrogens is 2. The first-order chi connectivity index (χ1) is 6.74. The Labute approximate surface area is 92.1 Å². The van der Waals surface area contributed by atoms with Crippen LogP contribution in [0.2, 0.25) is 0 Å². The largest absolute Gasteiger partial charge is 0.306 e. The zero-order valence-electron chi connectivity index (χ0n) is 8.42. The van der Waals surface area contributed by atoms with Crippen molar-refractivity contribution in [2.24, 2.45) is 0 Å². The molecule has 0 aliphatic carbocycles. The van der Waals surface area contributed by atoms with Gasteiger partial charge in [0.05, 0.1) is 10.2 Å². The number of rotatable bonds is 2. The average molecular weight is 253 g/mol. The van der Waals surface area contributed by atoms with Crippen LogP contribution in [0.15, 0.2) is 22.9 Å². The van der Waals surface area contributed by atoms with Crippen LogP contribution in [0.5, 0.6) is 0 Å². The van der Waals surface area contributed by atoms with Crippen LogP contribution < -0.4 is 0 Å². The third kappa shape index (κ3) is 1.57. The van der Waals surface area contributed by atoms with Gasteiger partial charge in [0.2, 0.25) is 0 Å². The summed E-state index contributed by atoms with van der Waals surface area (Å²) in [6.07, 6.45) is 6.27. The van der Waals surface area contributed by atoms with Crippen LogP contribution in [0.3, 0.4) is 0 Å². The molecule has 14 heavy (non-hydrogen) atoms. The first kappa shape index (κ1) is 9.71. The maximum atomic E-state index is 4.52. The van der Waals surface area contributed by atoms with Crippen LogP contribution in [0.4, 0.5) is 0 Å². The number of hydrogen-bond acceptors (Lipinski definition) is 1. The number of hydrogen-bond donors (Lipinski definition) is 0. The van der Waals surface area contributed by atoms with Crippen LogP contribution >= 0.6 is 15.9 Å². The van der Waals surface area contributed by atoms with Gasteiger partial charge in [-0.1, -0.05) is 13.8 Å². The van der Waals surface area contributed by atoms with Crippen LogP contribution in [0, 0.1) is 0 Å². The molecule has 2 rings (SSSR count). The lowest BCUT2D eigenvalue weighted by Crippen LogP contribution is -1.88. The van der Waals surface area contributed by atoms with Crippen molar-refractivity contribution in [3.8, 4) is 0 Å². The molecular formula is C11H13BrN2. The van der Waals surface area contributed by atoms with Gasteiger partial charge in [-0.25, -0.2) is 4.98 Å². The summed E-state index contributed by atoms with van der Waals surface area (Å²) in [6, 6.07) is 2.14. The minimum atomic E-state index is 0.982. The molecule has 0 atom stereocenters. The summed E-state index contributed by atoms with van der Waals surface area (Å²) in [4.78, 5) is 4.52. The zero-order chi connectivity index (χ0) is 10.1. The Morgan fingerprint density at radius 2 is 2.07 bits per heavy atom. The van der Waals surface area contributed by atoms with E-state index in [0.29, 0.717) is 0 Å². The lowest BCUT2D eigenvalue weighted by molar-refractivity contribution is 1.05. The number of aryl methyl sites for hydroxylation is 2. The van der Waals surface area contributed by atoms with Crippen molar-refractivity contribution in [3.63, 3.8) is 0 Å². The average Bonchev–Trinajstić information content (AvgIpc) is 2.61. The van der Waals surface area contributed by atoms with Crippen molar-refractivity contribution in [1.29, 1.82) is 0 Å². The van der Waals surface area contributed by atoms with Gasteiger partial charge in [0, 0.05) is 12.4 Å². The van der Waals surface area contributed by atoms with E-state index in [2.05, 4.69) is 57.6 Å².